The molecule has 0 N–H and O–H groups in total. The Labute approximate surface area is 81.5 Å². The molecule has 0 heterocycles. The van der Waals surface area contributed by atoms with Gasteiger partial charge in [0.2, 0.25) is 0 Å². The summed E-state index contributed by atoms with van der Waals surface area (Å²) < 4.78 is 0. The van der Waals surface area contributed by atoms with Crippen molar-refractivity contribution in [1.82, 2.24) is 4.90 Å². The maximum Gasteiger partial charge on any atom is 0.0622 e. The summed E-state index contributed by atoms with van der Waals surface area (Å²) in [6, 6.07) is 2.18. The van der Waals surface area contributed by atoms with Gasteiger partial charge in [0.15, 0.2) is 0 Å². The molecule has 0 unspecified atom stereocenters. The second-order valence-corrected chi connectivity index (χ2v) is 4.15. The van der Waals surface area contributed by atoms with Gasteiger partial charge in [-0.1, -0.05) is 19.3 Å². The van der Waals surface area contributed by atoms with Crippen LogP contribution in [0.4, 0.5) is 0 Å². The zero-order chi connectivity index (χ0) is 9.52. The van der Waals surface area contributed by atoms with Crippen molar-refractivity contribution < 1.29 is 0 Å². The fourth-order valence-electron chi connectivity index (χ4n) is 1.72. The minimum Gasteiger partial charge on any atom is -0.306 e. The molecule has 0 radical (unpaired) electrons. The normalized spacial score (nSPS) is 17.0. The van der Waals surface area contributed by atoms with Crippen LogP contribution in [-0.4, -0.2) is 25.0 Å². The predicted octanol–water partition coefficient (Wildman–Crippen LogP) is 2.41. The Morgan fingerprint density at radius 3 is 2.69 bits per heavy atom. The first-order chi connectivity index (χ1) is 6.33. The molecule has 0 atom stereocenters. The van der Waals surface area contributed by atoms with Gasteiger partial charge in [-0.15, -0.1) is 0 Å². The number of hydrogen-bond acceptors (Lipinski definition) is 2. The molecule has 13 heavy (non-hydrogen) atoms. The smallest absolute Gasteiger partial charge is 0.0622 e. The first-order valence-corrected chi connectivity index (χ1v) is 5.38. The highest BCUT2D eigenvalue weighted by Gasteiger charge is 2.17. The minimum atomic E-state index is 0.702. The van der Waals surface area contributed by atoms with Gasteiger partial charge < -0.3 is 4.90 Å². The lowest BCUT2D eigenvalue weighted by atomic mass is 9.83. The minimum absolute atomic E-state index is 0.702. The van der Waals surface area contributed by atoms with E-state index >= 15 is 0 Å². The van der Waals surface area contributed by atoms with E-state index in [1.807, 2.05) is 0 Å². The van der Waals surface area contributed by atoms with Crippen molar-refractivity contribution in [3.63, 3.8) is 0 Å². The third-order valence-electron chi connectivity index (χ3n) is 2.97. The van der Waals surface area contributed by atoms with Crippen LogP contribution in [0.3, 0.4) is 0 Å². The lowest BCUT2D eigenvalue weighted by molar-refractivity contribution is 0.238. The SMILES string of the molecule is CN(CCCC#N)CCC1CCC1. The first-order valence-electron chi connectivity index (χ1n) is 5.38. The Hall–Kier alpha value is -0.550. The summed E-state index contributed by atoms with van der Waals surface area (Å²) >= 11 is 0. The van der Waals surface area contributed by atoms with E-state index in [0.717, 1.165) is 18.9 Å². The van der Waals surface area contributed by atoms with Crippen LogP contribution in [0, 0.1) is 17.2 Å². The number of nitrogens with zero attached hydrogens (tertiary/aromatic N) is 2. The summed E-state index contributed by atoms with van der Waals surface area (Å²) in [6.07, 6.45) is 7.44. The van der Waals surface area contributed by atoms with E-state index < -0.39 is 0 Å². The standard InChI is InChI=1S/C11H20N2/c1-13(9-3-2-8-12)10-7-11-5-4-6-11/h11H,2-7,9-10H2,1H3. The van der Waals surface area contributed by atoms with Crippen LogP contribution in [0.25, 0.3) is 0 Å². The molecule has 2 heteroatoms. The van der Waals surface area contributed by atoms with Crippen molar-refractivity contribution in [2.45, 2.75) is 38.5 Å². The summed E-state index contributed by atoms with van der Waals surface area (Å²) in [6.45, 7) is 2.30. The molecule has 0 spiro atoms. The molecule has 0 aromatic carbocycles. The van der Waals surface area contributed by atoms with Crippen molar-refractivity contribution in [3.05, 3.63) is 0 Å². The Morgan fingerprint density at radius 1 is 1.38 bits per heavy atom. The fourth-order valence-corrected chi connectivity index (χ4v) is 1.72. The van der Waals surface area contributed by atoms with Gasteiger partial charge in [0.05, 0.1) is 6.07 Å². The van der Waals surface area contributed by atoms with Crippen LogP contribution in [0.2, 0.25) is 0 Å². The van der Waals surface area contributed by atoms with Gasteiger partial charge in [0, 0.05) is 6.42 Å². The van der Waals surface area contributed by atoms with E-state index in [9.17, 15) is 0 Å². The third-order valence-corrected chi connectivity index (χ3v) is 2.97. The highest BCUT2D eigenvalue weighted by molar-refractivity contribution is 4.72. The maximum absolute atomic E-state index is 8.38. The molecule has 74 valence electrons. The second-order valence-electron chi connectivity index (χ2n) is 4.15. The Bertz CT molecular complexity index is 167. The van der Waals surface area contributed by atoms with E-state index in [1.54, 1.807) is 0 Å². The summed E-state index contributed by atoms with van der Waals surface area (Å²) in [5.74, 6) is 1.01. The molecule has 1 saturated carbocycles. The van der Waals surface area contributed by atoms with Crippen LogP contribution in [0.1, 0.15) is 38.5 Å². The van der Waals surface area contributed by atoms with Gasteiger partial charge in [-0.3, -0.25) is 0 Å². The van der Waals surface area contributed by atoms with Crippen molar-refractivity contribution >= 4 is 0 Å². The van der Waals surface area contributed by atoms with Crippen LogP contribution < -0.4 is 0 Å². The molecular weight excluding hydrogens is 160 g/mol. The Balaban J connectivity index is 1.91. The van der Waals surface area contributed by atoms with Crippen LogP contribution in [0.15, 0.2) is 0 Å². The number of rotatable bonds is 6. The first kappa shape index (κ1) is 10.5. The molecule has 0 bridgehead atoms. The highest BCUT2D eigenvalue weighted by atomic mass is 15.1. The second kappa shape index (κ2) is 5.99. The van der Waals surface area contributed by atoms with Crippen molar-refractivity contribution in [2.75, 3.05) is 20.1 Å². The van der Waals surface area contributed by atoms with Crippen LogP contribution in [-0.2, 0) is 0 Å². The largest absolute Gasteiger partial charge is 0.306 e. The average molecular weight is 180 g/mol. The van der Waals surface area contributed by atoms with Gasteiger partial charge >= 0.3 is 0 Å². The van der Waals surface area contributed by atoms with Gasteiger partial charge in [-0.25, -0.2) is 0 Å². The summed E-state index contributed by atoms with van der Waals surface area (Å²) in [4.78, 5) is 2.36. The molecule has 1 fully saturated rings. The summed E-state index contributed by atoms with van der Waals surface area (Å²) in [7, 11) is 2.16. The maximum atomic E-state index is 8.38. The number of nitriles is 1. The summed E-state index contributed by atoms with van der Waals surface area (Å²) in [5.41, 5.74) is 0. The van der Waals surface area contributed by atoms with Crippen molar-refractivity contribution in [2.24, 2.45) is 5.92 Å². The number of hydrogen-bond donors (Lipinski definition) is 0. The molecule has 0 aromatic heterocycles. The summed E-state index contributed by atoms with van der Waals surface area (Å²) in [5, 5.41) is 8.38. The van der Waals surface area contributed by atoms with Crippen LogP contribution >= 0.6 is 0 Å². The lowest BCUT2D eigenvalue weighted by Crippen LogP contribution is -2.24. The number of unbranched alkanes of at least 4 members (excludes halogenated alkanes) is 1. The average Bonchev–Trinajstić information content (AvgIpc) is 2.02. The predicted molar refractivity (Wildman–Crippen MR) is 54.3 cm³/mol. The Morgan fingerprint density at radius 2 is 2.15 bits per heavy atom. The zero-order valence-corrected chi connectivity index (χ0v) is 8.63. The highest BCUT2D eigenvalue weighted by Crippen LogP contribution is 2.29. The monoisotopic (exact) mass is 180 g/mol. The van der Waals surface area contributed by atoms with Gasteiger partial charge in [0.1, 0.15) is 0 Å². The fraction of sp³-hybridized carbons (Fsp3) is 0.909. The van der Waals surface area contributed by atoms with E-state index in [2.05, 4.69) is 18.0 Å². The molecule has 2 nitrogen and oxygen atoms in total. The molecule has 0 aromatic rings. The van der Waals surface area contributed by atoms with Gasteiger partial charge in [-0.2, -0.15) is 5.26 Å². The third kappa shape index (κ3) is 4.28. The molecular formula is C11H20N2. The van der Waals surface area contributed by atoms with Crippen molar-refractivity contribution in [3.8, 4) is 6.07 Å². The van der Waals surface area contributed by atoms with Crippen LogP contribution in [0.5, 0.6) is 0 Å². The topological polar surface area (TPSA) is 27.0 Å². The molecule has 0 aliphatic heterocycles. The quantitative estimate of drug-likeness (QED) is 0.587. The van der Waals surface area contributed by atoms with Gasteiger partial charge in [-0.05, 0) is 38.9 Å². The van der Waals surface area contributed by atoms with E-state index in [0.29, 0.717) is 6.42 Å². The van der Waals surface area contributed by atoms with E-state index in [1.165, 1.54) is 32.2 Å². The molecule has 1 aliphatic rings. The van der Waals surface area contributed by atoms with E-state index in [-0.39, 0.29) is 0 Å². The van der Waals surface area contributed by atoms with Crippen molar-refractivity contribution in [1.29, 1.82) is 5.26 Å². The molecule has 1 aliphatic carbocycles. The molecule has 0 saturated heterocycles. The molecule has 1 rings (SSSR count). The zero-order valence-electron chi connectivity index (χ0n) is 8.63. The lowest BCUT2D eigenvalue weighted by Gasteiger charge is -2.27. The molecule has 0 amide bonds. The van der Waals surface area contributed by atoms with Gasteiger partial charge in [0.25, 0.3) is 0 Å². The van der Waals surface area contributed by atoms with E-state index in [4.69, 9.17) is 5.26 Å². The Kier molecular flexibility index (Phi) is 4.85.